The summed E-state index contributed by atoms with van der Waals surface area (Å²) in [6.07, 6.45) is 2.61. The largest absolute Gasteiger partial charge is 0.373 e. The standard InChI is InChI=1S/C19H18Cl2N4OS/c1-23-15-3-2-10(8-24-15)12-6-13(20)18(21)19-17(12)11-4-5-25(16(26)7-22)9-14(11)27-19/h2-3,6,8H,4-5,7,9,22H2,1H3,(H,23,24). The van der Waals surface area contributed by atoms with Crippen LogP contribution in [0.15, 0.2) is 24.4 Å². The summed E-state index contributed by atoms with van der Waals surface area (Å²) >= 11 is 14.6. The van der Waals surface area contributed by atoms with Crippen molar-refractivity contribution >= 4 is 56.3 Å². The zero-order valence-electron chi connectivity index (χ0n) is 14.7. The molecule has 4 rings (SSSR count). The van der Waals surface area contributed by atoms with Gasteiger partial charge in [-0.3, -0.25) is 4.79 Å². The van der Waals surface area contributed by atoms with Crippen LogP contribution in [0.5, 0.6) is 0 Å². The highest BCUT2D eigenvalue weighted by Gasteiger charge is 2.26. The quantitative estimate of drug-likeness (QED) is 0.667. The summed E-state index contributed by atoms with van der Waals surface area (Å²) < 4.78 is 0.962. The van der Waals surface area contributed by atoms with E-state index in [2.05, 4.69) is 10.3 Å². The van der Waals surface area contributed by atoms with Gasteiger partial charge in [0, 0.05) is 35.6 Å². The Hall–Kier alpha value is -1.86. The number of nitrogens with two attached hydrogens (primary N) is 1. The van der Waals surface area contributed by atoms with Crippen LogP contribution < -0.4 is 11.1 Å². The number of carbonyl (C=O) groups is 1. The second-order valence-electron chi connectivity index (χ2n) is 6.38. The van der Waals surface area contributed by atoms with E-state index < -0.39 is 0 Å². The molecule has 8 heteroatoms. The van der Waals surface area contributed by atoms with Crippen LogP contribution in [0.3, 0.4) is 0 Å². The Kier molecular flexibility index (Phi) is 4.99. The van der Waals surface area contributed by atoms with Crippen LogP contribution in [0.2, 0.25) is 10.0 Å². The molecule has 5 nitrogen and oxygen atoms in total. The van der Waals surface area contributed by atoms with Gasteiger partial charge in [0.2, 0.25) is 5.91 Å². The first-order valence-corrected chi connectivity index (χ1v) is 10.1. The number of nitrogens with one attached hydrogen (secondary N) is 1. The van der Waals surface area contributed by atoms with Crippen LogP contribution in [-0.2, 0) is 17.8 Å². The van der Waals surface area contributed by atoms with Crippen molar-refractivity contribution in [2.45, 2.75) is 13.0 Å². The molecule has 0 saturated heterocycles. The number of rotatable bonds is 3. The maximum Gasteiger partial charge on any atom is 0.236 e. The van der Waals surface area contributed by atoms with E-state index in [1.165, 1.54) is 5.56 Å². The summed E-state index contributed by atoms with van der Waals surface area (Å²) in [5.74, 6) is 0.771. The lowest BCUT2D eigenvalue weighted by Gasteiger charge is -2.26. The van der Waals surface area contributed by atoms with Crippen molar-refractivity contribution in [1.82, 2.24) is 9.88 Å². The monoisotopic (exact) mass is 420 g/mol. The molecular weight excluding hydrogens is 403 g/mol. The second kappa shape index (κ2) is 7.28. The van der Waals surface area contributed by atoms with Crippen molar-refractivity contribution in [3.63, 3.8) is 0 Å². The van der Waals surface area contributed by atoms with Gasteiger partial charge in [0.25, 0.3) is 0 Å². The van der Waals surface area contributed by atoms with Gasteiger partial charge in [-0.1, -0.05) is 23.2 Å². The van der Waals surface area contributed by atoms with Crippen LogP contribution in [0, 0.1) is 0 Å². The summed E-state index contributed by atoms with van der Waals surface area (Å²) in [6.45, 7) is 1.25. The lowest BCUT2D eigenvalue weighted by atomic mass is 9.96. The van der Waals surface area contributed by atoms with E-state index in [-0.39, 0.29) is 12.5 Å². The number of amides is 1. The Morgan fingerprint density at radius 3 is 2.89 bits per heavy atom. The minimum Gasteiger partial charge on any atom is -0.373 e. The van der Waals surface area contributed by atoms with Gasteiger partial charge < -0.3 is 16.0 Å². The fourth-order valence-electron chi connectivity index (χ4n) is 3.48. The molecule has 3 N–H and O–H groups in total. The van der Waals surface area contributed by atoms with E-state index in [4.69, 9.17) is 28.9 Å². The van der Waals surface area contributed by atoms with Gasteiger partial charge >= 0.3 is 0 Å². The highest BCUT2D eigenvalue weighted by molar-refractivity contribution is 7.20. The van der Waals surface area contributed by atoms with Crippen molar-refractivity contribution in [2.75, 3.05) is 25.5 Å². The third-order valence-electron chi connectivity index (χ3n) is 4.86. The summed E-state index contributed by atoms with van der Waals surface area (Å²) in [5, 5.41) is 5.22. The van der Waals surface area contributed by atoms with Crippen LogP contribution in [0.25, 0.3) is 21.2 Å². The third kappa shape index (κ3) is 3.17. The van der Waals surface area contributed by atoms with E-state index in [1.54, 1.807) is 16.2 Å². The van der Waals surface area contributed by atoms with Crippen LogP contribution in [-0.4, -0.2) is 35.9 Å². The highest BCUT2D eigenvalue weighted by atomic mass is 35.5. The van der Waals surface area contributed by atoms with E-state index in [0.29, 0.717) is 23.1 Å². The molecule has 2 aromatic heterocycles. The molecule has 0 atom stereocenters. The van der Waals surface area contributed by atoms with Gasteiger partial charge in [0.1, 0.15) is 5.82 Å². The van der Waals surface area contributed by atoms with Crippen LogP contribution in [0.1, 0.15) is 10.4 Å². The maximum atomic E-state index is 12.0. The maximum absolute atomic E-state index is 12.0. The van der Waals surface area contributed by atoms with E-state index in [0.717, 1.165) is 38.3 Å². The zero-order chi connectivity index (χ0) is 19.1. The highest BCUT2D eigenvalue weighted by Crippen LogP contribution is 2.46. The zero-order valence-corrected chi connectivity index (χ0v) is 17.0. The number of pyridine rings is 1. The Morgan fingerprint density at radius 2 is 2.22 bits per heavy atom. The molecule has 0 aliphatic carbocycles. The van der Waals surface area contributed by atoms with Gasteiger partial charge in [-0.05, 0) is 35.7 Å². The molecule has 0 unspecified atom stereocenters. The summed E-state index contributed by atoms with van der Waals surface area (Å²) in [5.41, 5.74) is 8.77. The van der Waals surface area contributed by atoms with Gasteiger partial charge in [-0.25, -0.2) is 4.98 Å². The average Bonchev–Trinajstić information content (AvgIpc) is 3.09. The first kappa shape index (κ1) is 18.5. The summed E-state index contributed by atoms with van der Waals surface area (Å²) in [6, 6.07) is 5.87. The fourth-order valence-corrected chi connectivity index (χ4v) is 5.34. The molecule has 0 spiro atoms. The first-order valence-electron chi connectivity index (χ1n) is 8.57. The molecule has 0 bridgehead atoms. The Labute approximate surface area is 171 Å². The summed E-state index contributed by atoms with van der Waals surface area (Å²) in [4.78, 5) is 19.4. The number of fused-ring (bicyclic) bond motifs is 3. The number of hydrogen-bond acceptors (Lipinski definition) is 5. The molecule has 0 saturated carbocycles. The fraction of sp³-hybridized carbons (Fsp3) is 0.263. The number of thiophene rings is 1. The van der Waals surface area contributed by atoms with Gasteiger partial charge in [0.05, 0.1) is 27.8 Å². The molecule has 1 aliphatic rings. The molecule has 0 radical (unpaired) electrons. The number of benzene rings is 1. The molecule has 3 heterocycles. The Bertz CT molecular complexity index is 1030. The molecule has 3 aromatic rings. The predicted octanol–water partition coefficient (Wildman–Crippen LogP) is 4.16. The number of hydrogen-bond donors (Lipinski definition) is 2. The van der Waals surface area contributed by atoms with Crippen molar-refractivity contribution in [1.29, 1.82) is 0 Å². The van der Waals surface area contributed by atoms with Gasteiger partial charge in [-0.15, -0.1) is 11.3 Å². The molecule has 27 heavy (non-hydrogen) atoms. The van der Waals surface area contributed by atoms with E-state index in [1.807, 2.05) is 31.4 Å². The molecule has 140 valence electrons. The number of carbonyl (C=O) groups excluding carboxylic acids is 1. The second-order valence-corrected chi connectivity index (χ2v) is 8.27. The van der Waals surface area contributed by atoms with E-state index in [9.17, 15) is 4.79 Å². The average molecular weight is 421 g/mol. The van der Waals surface area contributed by atoms with E-state index >= 15 is 0 Å². The van der Waals surface area contributed by atoms with Crippen LogP contribution in [0.4, 0.5) is 5.82 Å². The Balaban J connectivity index is 1.89. The molecular formula is C19H18Cl2N4OS. The van der Waals surface area contributed by atoms with Crippen molar-refractivity contribution in [2.24, 2.45) is 5.73 Å². The lowest BCUT2D eigenvalue weighted by Crippen LogP contribution is -2.39. The Morgan fingerprint density at radius 1 is 1.41 bits per heavy atom. The third-order valence-corrected chi connectivity index (χ3v) is 7.00. The smallest absolute Gasteiger partial charge is 0.236 e. The number of nitrogens with zero attached hydrogens (tertiary/aromatic N) is 2. The molecule has 1 aliphatic heterocycles. The van der Waals surface area contributed by atoms with Crippen LogP contribution >= 0.6 is 34.5 Å². The van der Waals surface area contributed by atoms with Gasteiger partial charge in [0.15, 0.2) is 0 Å². The van der Waals surface area contributed by atoms with Gasteiger partial charge in [-0.2, -0.15) is 0 Å². The SMILES string of the molecule is CNc1ccc(-c2cc(Cl)c(Cl)c3sc4c(c23)CCN(C(=O)CN)C4)cn1. The van der Waals surface area contributed by atoms with Crippen molar-refractivity contribution in [3.8, 4) is 11.1 Å². The number of halogens is 2. The lowest BCUT2D eigenvalue weighted by molar-refractivity contribution is -0.130. The number of aromatic nitrogens is 1. The summed E-state index contributed by atoms with van der Waals surface area (Å²) in [7, 11) is 1.84. The molecule has 1 aromatic carbocycles. The molecule has 0 fully saturated rings. The van der Waals surface area contributed by atoms with Crippen molar-refractivity contribution < 1.29 is 4.79 Å². The minimum atomic E-state index is -0.0330. The van der Waals surface area contributed by atoms with Crippen molar-refractivity contribution in [3.05, 3.63) is 44.9 Å². The normalized spacial score (nSPS) is 13.7. The minimum absolute atomic E-state index is 0.0293. The molecule has 1 amide bonds. The first-order chi connectivity index (χ1) is 13.0. The topological polar surface area (TPSA) is 71.2 Å². The predicted molar refractivity (Wildman–Crippen MR) is 113 cm³/mol. The number of anilines is 1.